The smallest absolute Gasteiger partial charge is 0.265 e. The fraction of sp³-hybridized carbons (Fsp3) is 0.0741. The Balaban J connectivity index is 1.48. The number of benzene rings is 3. The second-order valence-corrected chi connectivity index (χ2v) is 8.44. The first-order valence-corrected chi connectivity index (χ1v) is 11.4. The van der Waals surface area contributed by atoms with E-state index in [0.29, 0.717) is 29.0 Å². The Morgan fingerprint density at radius 1 is 0.939 bits per heavy atom. The van der Waals surface area contributed by atoms with Crippen molar-refractivity contribution < 1.29 is 14.3 Å². The number of anilines is 1. The summed E-state index contributed by atoms with van der Waals surface area (Å²) >= 11 is 1.53. The third-order valence-corrected chi connectivity index (χ3v) is 6.04. The molecule has 0 bridgehead atoms. The zero-order chi connectivity index (χ0) is 22.8. The Hall–Kier alpha value is -4.03. The highest BCUT2D eigenvalue weighted by Crippen LogP contribution is 2.33. The number of aromatic nitrogens is 1. The maximum atomic E-state index is 13.5. The number of carbonyl (C=O) groups excluding carboxylic acids is 2. The van der Waals surface area contributed by atoms with Crippen LogP contribution in [-0.2, 0) is 11.4 Å². The average Bonchev–Trinajstić information content (AvgIpc) is 3.35. The van der Waals surface area contributed by atoms with E-state index < -0.39 is 0 Å². The summed E-state index contributed by atoms with van der Waals surface area (Å²) in [6, 6.07) is 22.1. The highest BCUT2D eigenvalue weighted by molar-refractivity contribution is 7.07. The Morgan fingerprint density at radius 3 is 2.45 bits per heavy atom. The highest BCUT2D eigenvalue weighted by Gasteiger charge is 2.35. The summed E-state index contributed by atoms with van der Waals surface area (Å²) in [6.07, 6.45) is 1.82. The summed E-state index contributed by atoms with van der Waals surface area (Å²) in [6.45, 7) is 2.34. The summed E-state index contributed by atoms with van der Waals surface area (Å²) < 4.78 is 5.78. The van der Waals surface area contributed by atoms with Gasteiger partial charge in [0.25, 0.3) is 11.8 Å². The standard InChI is InChI=1S/C27H20N2O3S/c1-18-5-4-6-21(13-18)29-26(30)24-8-3-2-7-23(24)25(27(29)31)14-19-9-11-22(12-10-19)32-15-20-16-33-17-28-20/h2-14,16-17H,15H2,1H3/b25-14-. The molecule has 4 aromatic rings. The molecule has 0 unspecified atom stereocenters. The Bertz CT molecular complexity index is 1360. The maximum absolute atomic E-state index is 13.5. The van der Waals surface area contributed by atoms with Gasteiger partial charge >= 0.3 is 0 Å². The molecular weight excluding hydrogens is 432 g/mol. The number of carbonyl (C=O) groups is 2. The molecule has 1 aliphatic rings. The van der Waals surface area contributed by atoms with Gasteiger partial charge in [0.1, 0.15) is 12.4 Å². The lowest BCUT2D eigenvalue weighted by molar-refractivity contribution is -0.112. The zero-order valence-corrected chi connectivity index (χ0v) is 18.7. The Labute approximate surface area is 195 Å². The lowest BCUT2D eigenvalue weighted by Gasteiger charge is -2.29. The molecule has 5 nitrogen and oxygen atoms in total. The van der Waals surface area contributed by atoms with Crippen LogP contribution < -0.4 is 9.64 Å². The Morgan fingerprint density at radius 2 is 1.73 bits per heavy atom. The molecule has 162 valence electrons. The quantitative estimate of drug-likeness (QED) is 0.285. The van der Waals surface area contributed by atoms with Gasteiger partial charge in [-0.15, -0.1) is 11.3 Å². The fourth-order valence-electron chi connectivity index (χ4n) is 3.79. The molecule has 3 aromatic carbocycles. The number of aryl methyl sites for hydroxylation is 1. The van der Waals surface area contributed by atoms with E-state index >= 15 is 0 Å². The molecule has 0 atom stereocenters. The molecule has 0 saturated carbocycles. The van der Waals surface area contributed by atoms with Gasteiger partial charge in [0.15, 0.2) is 0 Å². The van der Waals surface area contributed by atoms with Crippen LogP contribution in [0.15, 0.2) is 83.7 Å². The van der Waals surface area contributed by atoms with Crippen LogP contribution >= 0.6 is 11.3 Å². The first-order chi connectivity index (χ1) is 16.1. The predicted molar refractivity (Wildman–Crippen MR) is 130 cm³/mol. The number of thiazole rings is 1. The summed E-state index contributed by atoms with van der Waals surface area (Å²) in [7, 11) is 0. The first-order valence-electron chi connectivity index (χ1n) is 10.5. The summed E-state index contributed by atoms with van der Waals surface area (Å²) in [4.78, 5) is 32.2. The maximum Gasteiger partial charge on any atom is 0.265 e. The third kappa shape index (κ3) is 4.21. The molecule has 6 heteroatoms. The second kappa shape index (κ2) is 8.84. The SMILES string of the molecule is Cc1cccc(N2C(=O)/C(=C\c3ccc(OCc4cscn4)cc3)c3ccccc3C2=O)c1. The van der Waals surface area contributed by atoms with Gasteiger partial charge in [-0.25, -0.2) is 9.88 Å². The van der Waals surface area contributed by atoms with Crippen LogP contribution in [-0.4, -0.2) is 16.8 Å². The van der Waals surface area contributed by atoms with Crippen molar-refractivity contribution in [2.24, 2.45) is 0 Å². The number of nitrogens with zero attached hydrogens (tertiary/aromatic N) is 2. The van der Waals surface area contributed by atoms with Crippen LogP contribution in [0.4, 0.5) is 5.69 Å². The van der Waals surface area contributed by atoms with Crippen LogP contribution in [0.3, 0.4) is 0 Å². The third-order valence-electron chi connectivity index (χ3n) is 5.41. The van der Waals surface area contributed by atoms with Crippen LogP contribution in [0, 0.1) is 6.92 Å². The molecule has 2 amide bonds. The monoisotopic (exact) mass is 452 g/mol. The van der Waals surface area contributed by atoms with Gasteiger partial charge in [0.2, 0.25) is 0 Å². The Kier molecular flexibility index (Phi) is 5.59. The summed E-state index contributed by atoms with van der Waals surface area (Å²) in [5.74, 6) is 0.0642. The van der Waals surface area contributed by atoms with Crippen molar-refractivity contribution in [2.75, 3.05) is 4.90 Å². The molecule has 0 saturated heterocycles. The van der Waals surface area contributed by atoms with Crippen LogP contribution in [0.5, 0.6) is 5.75 Å². The minimum Gasteiger partial charge on any atom is -0.487 e. The number of rotatable bonds is 5. The van der Waals surface area contributed by atoms with E-state index in [-0.39, 0.29) is 11.8 Å². The van der Waals surface area contributed by atoms with Crippen molar-refractivity contribution in [3.8, 4) is 5.75 Å². The molecule has 0 spiro atoms. The van der Waals surface area contributed by atoms with Crippen LogP contribution in [0.2, 0.25) is 0 Å². The number of ether oxygens (including phenoxy) is 1. The van der Waals surface area contributed by atoms with Gasteiger partial charge in [-0.1, -0.05) is 42.5 Å². The minimum absolute atomic E-state index is 0.316. The molecule has 0 aliphatic carbocycles. The largest absolute Gasteiger partial charge is 0.487 e. The van der Waals surface area contributed by atoms with Gasteiger partial charge in [-0.3, -0.25) is 9.59 Å². The number of hydrogen-bond acceptors (Lipinski definition) is 5. The first kappa shape index (κ1) is 20.8. The van der Waals surface area contributed by atoms with Crippen LogP contribution in [0.25, 0.3) is 11.6 Å². The van der Waals surface area contributed by atoms with E-state index in [4.69, 9.17) is 4.74 Å². The van der Waals surface area contributed by atoms with Gasteiger partial charge in [-0.05, 0) is 60.0 Å². The van der Waals surface area contributed by atoms with Gasteiger partial charge in [-0.2, -0.15) is 0 Å². The van der Waals surface area contributed by atoms with E-state index in [1.807, 2.05) is 79.0 Å². The fourth-order valence-corrected chi connectivity index (χ4v) is 4.33. The van der Waals surface area contributed by atoms with E-state index in [0.717, 1.165) is 22.6 Å². The molecule has 1 aromatic heterocycles. The van der Waals surface area contributed by atoms with Crippen molar-refractivity contribution in [1.29, 1.82) is 0 Å². The normalized spacial score (nSPS) is 14.5. The second-order valence-electron chi connectivity index (χ2n) is 7.73. The van der Waals surface area contributed by atoms with Crippen molar-refractivity contribution >= 4 is 40.5 Å². The summed E-state index contributed by atoms with van der Waals surface area (Å²) in [5, 5.41) is 1.95. The van der Waals surface area contributed by atoms with E-state index in [1.165, 1.54) is 16.2 Å². The van der Waals surface area contributed by atoms with Crippen molar-refractivity contribution in [3.05, 3.63) is 112 Å². The number of amides is 2. The molecule has 5 rings (SSSR count). The lowest BCUT2D eigenvalue weighted by Crippen LogP contribution is -2.41. The van der Waals surface area contributed by atoms with Crippen molar-refractivity contribution in [3.63, 3.8) is 0 Å². The highest BCUT2D eigenvalue weighted by atomic mass is 32.1. The van der Waals surface area contributed by atoms with Crippen molar-refractivity contribution in [1.82, 2.24) is 4.98 Å². The molecule has 33 heavy (non-hydrogen) atoms. The number of fused-ring (bicyclic) bond motifs is 1. The van der Waals surface area contributed by atoms with E-state index in [1.54, 1.807) is 17.6 Å². The number of hydrogen-bond donors (Lipinski definition) is 0. The van der Waals surface area contributed by atoms with Gasteiger partial charge in [0.05, 0.1) is 16.9 Å². The molecule has 0 radical (unpaired) electrons. The molecule has 1 aliphatic heterocycles. The average molecular weight is 453 g/mol. The van der Waals surface area contributed by atoms with E-state index in [2.05, 4.69) is 4.98 Å². The molecule has 2 heterocycles. The molecule has 0 fully saturated rings. The molecular formula is C27H20N2O3S. The van der Waals surface area contributed by atoms with Crippen molar-refractivity contribution in [2.45, 2.75) is 13.5 Å². The van der Waals surface area contributed by atoms with Crippen LogP contribution in [0.1, 0.15) is 32.7 Å². The molecule has 0 N–H and O–H groups in total. The predicted octanol–water partition coefficient (Wildman–Crippen LogP) is 5.76. The minimum atomic E-state index is -0.340. The van der Waals surface area contributed by atoms with E-state index in [9.17, 15) is 9.59 Å². The summed E-state index contributed by atoms with van der Waals surface area (Å²) in [5.41, 5.74) is 6.67. The zero-order valence-electron chi connectivity index (χ0n) is 17.9. The van der Waals surface area contributed by atoms with Gasteiger partial charge in [0, 0.05) is 16.5 Å². The van der Waals surface area contributed by atoms with Gasteiger partial charge < -0.3 is 4.74 Å². The topological polar surface area (TPSA) is 59.5 Å². The number of imide groups is 1. The lowest BCUT2D eigenvalue weighted by atomic mass is 9.91.